The van der Waals surface area contributed by atoms with Gasteiger partial charge in [0, 0.05) is 11.8 Å². The summed E-state index contributed by atoms with van der Waals surface area (Å²) in [7, 11) is 0. The number of nitrogens with one attached hydrogen (secondary N) is 1. The highest BCUT2D eigenvalue weighted by Gasteiger charge is 2.35. The second kappa shape index (κ2) is 7.16. The number of carbonyl (C=O) groups excluding carboxylic acids is 1. The van der Waals surface area contributed by atoms with Gasteiger partial charge in [-0.1, -0.05) is 11.3 Å². The summed E-state index contributed by atoms with van der Waals surface area (Å²) in [5, 5.41) is 6.26. The van der Waals surface area contributed by atoms with Crippen LogP contribution in [0.5, 0.6) is 5.75 Å². The Bertz CT molecular complexity index is 1270. The lowest BCUT2D eigenvalue weighted by Crippen LogP contribution is -2.15. The molecule has 1 aromatic carbocycles. The predicted molar refractivity (Wildman–Crippen MR) is 96.9 cm³/mol. The van der Waals surface area contributed by atoms with E-state index in [1.54, 1.807) is 0 Å². The van der Waals surface area contributed by atoms with E-state index >= 15 is 0 Å². The smallest absolute Gasteiger partial charge is 0.433 e. The van der Waals surface area contributed by atoms with Crippen molar-refractivity contribution in [1.82, 2.24) is 19.6 Å². The highest BCUT2D eigenvalue weighted by atomic mass is 32.1. The van der Waals surface area contributed by atoms with Crippen molar-refractivity contribution in [2.45, 2.75) is 19.7 Å². The molecule has 4 rings (SSSR count). The van der Waals surface area contributed by atoms with Gasteiger partial charge in [-0.25, -0.2) is 14.5 Å². The van der Waals surface area contributed by atoms with Crippen LogP contribution in [0.25, 0.3) is 15.9 Å². The molecule has 0 radical (unpaired) electrons. The van der Waals surface area contributed by atoms with Gasteiger partial charge in [0.05, 0.1) is 10.2 Å². The van der Waals surface area contributed by atoms with Gasteiger partial charge in [0.1, 0.15) is 11.4 Å². The van der Waals surface area contributed by atoms with Crippen LogP contribution in [0, 0.1) is 6.92 Å². The molecule has 1 N–H and O–H groups in total. The van der Waals surface area contributed by atoms with Crippen molar-refractivity contribution in [1.29, 1.82) is 0 Å². The van der Waals surface area contributed by atoms with Crippen molar-refractivity contribution < 1.29 is 31.5 Å². The maximum atomic E-state index is 13.2. The largest absolute Gasteiger partial charge is 0.435 e. The predicted octanol–water partition coefficient (Wildman–Crippen LogP) is 4.52. The second-order valence-corrected chi connectivity index (χ2v) is 7.09. The molecule has 4 aromatic rings. The molecule has 0 spiro atoms. The van der Waals surface area contributed by atoms with E-state index in [4.69, 9.17) is 0 Å². The van der Waals surface area contributed by atoms with Crippen LogP contribution < -0.4 is 10.1 Å². The molecule has 3 heterocycles. The Morgan fingerprint density at radius 1 is 1.20 bits per heavy atom. The molecule has 0 aliphatic carbocycles. The normalized spacial score (nSPS) is 12.1. The van der Waals surface area contributed by atoms with Gasteiger partial charge in [-0.15, -0.1) is 0 Å². The average Bonchev–Trinajstić information content (AvgIpc) is 3.22. The zero-order valence-electron chi connectivity index (χ0n) is 14.9. The summed E-state index contributed by atoms with van der Waals surface area (Å²) in [4.78, 5) is 20.6. The van der Waals surface area contributed by atoms with E-state index in [0.717, 1.165) is 23.5 Å². The van der Waals surface area contributed by atoms with Gasteiger partial charge in [0.25, 0.3) is 5.91 Å². The van der Waals surface area contributed by atoms with Crippen LogP contribution >= 0.6 is 11.3 Å². The molecule has 0 atom stereocenters. The van der Waals surface area contributed by atoms with E-state index in [-0.39, 0.29) is 27.9 Å². The van der Waals surface area contributed by atoms with Crippen LogP contribution in [-0.4, -0.2) is 32.1 Å². The summed E-state index contributed by atoms with van der Waals surface area (Å²) in [6.45, 7) is -1.59. The first-order valence-corrected chi connectivity index (χ1v) is 9.03. The molecule has 0 saturated carbocycles. The molecule has 0 fully saturated rings. The number of hydrogen-bond acceptors (Lipinski definition) is 6. The lowest BCUT2D eigenvalue weighted by molar-refractivity contribution is -0.142. The molecular weight excluding hydrogens is 433 g/mol. The highest BCUT2D eigenvalue weighted by Crippen LogP contribution is 2.31. The van der Waals surface area contributed by atoms with Crippen LogP contribution in [0.2, 0.25) is 0 Å². The molecule has 30 heavy (non-hydrogen) atoms. The zero-order valence-corrected chi connectivity index (χ0v) is 15.7. The Morgan fingerprint density at radius 2 is 1.97 bits per heavy atom. The van der Waals surface area contributed by atoms with Gasteiger partial charge in [-0.3, -0.25) is 10.1 Å². The number of anilines is 1. The van der Waals surface area contributed by atoms with Crippen molar-refractivity contribution in [2.75, 3.05) is 5.32 Å². The number of ether oxygens (including phenoxy) is 1. The van der Waals surface area contributed by atoms with Crippen molar-refractivity contribution in [3.63, 3.8) is 0 Å². The van der Waals surface area contributed by atoms with Crippen LogP contribution in [-0.2, 0) is 6.18 Å². The second-order valence-electron chi connectivity index (χ2n) is 6.06. The Hall–Kier alpha value is -3.35. The maximum Gasteiger partial charge on any atom is 0.433 e. The third-order valence-corrected chi connectivity index (χ3v) is 4.82. The molecule has 1 amide bonds. The standard InChI is InChI=1S/C17H10F5N5O2S/c1-7-4-12(17(20,21)22)27-13(23-7)6-10(26-27)14(28)25-16-24-9-3-2-8(29-15(18)19)5-11(9)30-16/h2-6,15H,1H3,(H,24,25,28). The van der Waals surface area contributed by atoms with E-state index in [1.807, 2.05) is 0 Å². The quantitative estimate of drug-likeness (QED) is 0.469. The molecule has 0 bridgehead atoms. The van der Waals surface area contributed by atoms with Crippen LogP contribution in [0.3, 0.4) is 0 Å². The number of amides is 1. The van der Waals surface area contributed by atoms with Crippen LogP contribution in [0.4, 0.5) is 27.1 Å². The molecule has 0 unspecified atom stereocenters. The summed E-state index contributed by atoms with van der Waals surface area (Å²) in [6.07, 6.45) is -4.68. The molecule has 3 aromatic heterocycles. The van der Waals surface area contributed by atoms with E-state index in [2.05, 4.69) is 25.1 Å². The number of rotatable bonds is 4. The lowest BCUT2D eigenvalue weighted by Gasteiger charge is -2.08. The molecule has 0 saturated heterocycles. The molecule has 0 aliphatic heterocycles. The molecule has 0 aliphatic rings. The summed E-state index contributed by atoms with van der Waals surface area (Å²) in [5.41, 5.74) is -0.945. The number of aromatic nitrogens is 4. The first-order chi connectivity index (χ1) is 14.1. The minimum absolute atomic E-state index is 0.0690. The Labute approximate surface area is 168 Å². The van der Waals surface area contributed by atoms with Gasteiger partial charge >= 0.3 is 12.8 Å². The fourth-order valence-electron chi connectivity index (χ4n) is 2.71. The van der Waals surface area contributed by atoms with Gasteiger partial charge in [0.2, 0.25) is 0 Å². The number of halogens is 5. The third kappa shape index (κ3) is 3.87. The fourth-order valence-corrected chi connectivity index (χ4v) is 3.60. The minimum Gasteiger partial charge on any atom is -0.435 e. The zero-order chi connectivity index (χ0) is 21.6. The fraction of sp³-hybridized carbons (Fsp3) is 0.176. The molecule has 7 nitrogen and oxygen atoms in total. The molecular formula is C17H10F5N5O2S. The Kier molecular flexibility index (Phi) is 4.76. The van der Waals surface area contributed by atoms with E-state index in [9.17, 15) is 26.7 Å². The number of fused-ring (bicyclic) bond motifs is 2. The minimum atomic E-state index is -4.68. The summed E-state index contributed by atoms with van der Waals surface area (Å²) >= 11 is 0.980. The van der Waals surface area contributed by atoms with Gasteiger partial charge < -0.3 is 4.74 Å². The number of alkyl halides is 5. The first-order valence-electron chi connectivity index (χ1n) is 8.21. The molecule has 13 heteroatoms. The van der Waals surface area contributed by atoms with Crippen molar-refractivity contribution in [3.8, 4) is 5.75 Å². The number of thiazole rings is 1. The number of carbonyl (C=O) groups is 1. The topological polar surface area (TPSA) is 81.4 Å². The first kappa shape index (κ1) is 19.9. The molecule has 156 valence electrons. The van der Waals surface area contributed by atoms with E-state index in [0.29, 0.717) is 14.7 Å². The van der Waals surface area contributed by atoms with Gasteiger partial charge in [-0.05, 0) is 31.2 Å². The van der Waals surface area contributed by atoms with Gasteiger partial charge in [-0.2, -0.15) is 27.1 Å². The summed E-state index contributed by atoms with van der Waals surface area (Å²) < 4.78 is 69.7. The van der Waals surface area contributed by atoms with Crippen molar-refractivity contribution in [3.05, 3.63) is 47.4 Å². The van der Waals surface area contributed by atoms with Crippen LogP contribution in [0.1, 0.15) is 21.9 Å². The third-order valence-electron chi connectivity index (χ3n) is 3.88. The lowest BCUT2D eigenvalue weighted by atomic mass is 10.3. The van der Waals surface area contributed by atoms with Crippen LogP contribution in [0.15, 0.2) is 30.3 Å². The van der Waals surface area contributed by atoms with Gasteiger partial charge in [0.15, 0.2) is 16.5 Å². The Balaban J connectivity index is 1.63. The SMILES string of the molecule is Cc1cc(C(F)(F)F)n2nc(C(=O)Nc3nc4ccc(OC(F)F)cc4s3)cc2n1. The number of benzene rings is 1. The highest BCUT2D eigenvalue weighted by molar-refractivity contribution is 7.22. The number of hydrogen-bond donors (Lipinski definition) is 1. The Morgan fingerprint density at radius 3 is 2.67 bits per heavy atom. The average molecular weight is 443 g/mol. The van der Waals surface area contributed by atoms with Crippen molar-refractivity contribution in [2.24, 2.45) is 0 Å². The maximum absolute atomic E-state index is 13.2. The number of aryl methyl sites for hydroxylation is 1. The summed E-state index contributed by atoms with van der Waals surface area (Å²) in [5.74, 6) is -0.866. The van der Waals surface area contributed by atoms with Crippen molar-refractivity contribution >= 4 is 38.2 Å². The number of nitrogens with zero attached hydrogens (tertiary/aromatic N) is 4. The summed E-state index contributed by atoms with van der Waals surface area (Å²) in [6, 6.07) is 6.02. The monoisotopic (exact) mass is 443 g/mol. The van der Waals surface area contributed by atoms with E-state index < -0.39 is 24.4 Å². The van der Waals surface area contributed by atoms with E-state index in [1.165, 1.54) is 25.1 Å².